The Kier molecular flexibility index (Phi) is 2.54. The first-order valence-electron chi connectivity index (χ1n) is 5.50. The molecule has 1 saturated carbocycles. The van der Waals surface area contributed by atoms with E-state index >= 15 is 0 Å². The third-order valence-corrected chi connectivity index (χ3v) is 3.42. The average molecular weight is 226 g/mol. The first kappa shape index (κ1) is 11.5. The van der Waals surface area contributed by atoms with E-state index in [-0.39, 0.29) is 11.0 Å². The molecule has 3 heteroatoms. The number of hydrogen-bond acceptors (Lipinski definition) is 1. The highest BCUT2D eigenvalue weighted by molar-refractivity contribution is 5.26. The van der Waals surface area contributed by atoms with Crippen LogP contribution in [0.1, 0.15) is 38.7 Å². The van der Waals surface area contributed by atoms with Crippen molar-refractivity contribution < 1.29 is 13.9 Å². The largest absolute Gasteiger partial charge is 0.385 e. The van der Waals surface area contributed by atoms with Crippen molar-refractivity contribution in [1.82, 2.24) is 0 Å². The summed E-state index contributed by atoms with van der Waals surface area (Å²) < 4.78 is 26.4. The lowest BCUT2D eigenvalue weighted by Crippen LogP contribution is -2.24. The molecule has 16 heavy (non-hydrogen) atoms. The van der Waals surface area contributed by atoms with Gasteiger partial charge < -0.3 is 5.11 Å². The Bertz CT molecular complexity index is 414. The summed E-state index contributed by atoms with van der Waals surface area (Å²) in [6.45, 7) is 4.10. The van der Waals surface area contributed by atoms with E-state index in [1.54, 1.807) is 0 Å². The molecule has 1 unspecified atom stereocenters. The molecule has 0 bridgehead atoms. The molecule has 0 amide bonds. The minimum absolute atomic E-state index is 0.00950. The first-order chi connectivity index (χ1) is 7.32. The second-order valence-electron chi connectivity index (χ2n) is 5.50. The van der Waals surface area contributed by atoms with Crippen LogP contribution in [0.4, 0.5) is 8.78 Å². The minimum atomic E-state index is -1.14. The Morgan fingerprint density at radius 2 is 1.88 bits per heavy atom. The van der Waals surface area contributed by atoms with Crippen molar-refractivity contribution in [2.24, 2.45) is 5.41 Å². The Morgan fingerprint density at radius 1 is 1.19 bits per heavy atom. The maximum absolute atomic E-state index is 13.6. The van der Waals surface area contributed by atoms with Gasteiger partial charge in [-0.3, -0.25) is 0 Å². The van der Waals surface area contributed by atoms with Crippen LogP contribution < -0.4 is 0 Å². The lowest BCUT2D eigenvalue weighted by Gasteiger charge is -2.26. The van der Waals surface area contributed by atoms with E-state index in [2.05, 4.69) is 0 Å². The van der Waals surface area contributed by atoms with Gasteiger partial charge in [0.2, 0.25) is 0 Å². The monoisotopic (exact) mass is 226 g/mol. The first-order valence-corrected chi connectivity index (χ1v) is 5.50. The lowest BCUT2D eigenvalue weighted by molar-refractivity contribution is 0.0302. The van der Waals surface area contributed by atoms with Gasteiger partial charge in [0, 0.05) is 11.6 Å². The van der Waals surface area contributed by atoms with Gasteiger partial charge in [-0.05, 0) is 30.7 Å². The second kappa shape index (κ2) is 3.52. The second-order valence-corrected chi connectivity index (χ2v) is 5.50. The average Bonchev–Trinajstić information content (AvgIpc) is 2.41. The summed E-state index contributed by atoms with van der Waals surface area (Å²) in [5.74, 6) is -1.26. The van der Waals surface area contributed by atoms with Gasteiger partial charge >= 0.3 is 0 Å². The standard InChI is InChI=1S/C13H16F2O/c1-12(2)5-6-13(16,8-12)10-4-3-9(14)7-11(10)15/h3-4,7,16H,5-6,8H2,1-2H3. The van der Waals surface area contributed by atoms with E-state index in [9.17, 15) is 13.9 Å². The number of hydrogen-bond donors (Lipinski definition) is 1. The van der Waals surface area contributed by atoms with E-state index in [1.165, 1.54) is 12.1 Å². The molecule has 1 atom stereocenters. The predicted octanol–water partition coefficient (Wildman–Crippen LogP) is 3.36. The van der Waals surface area contributed by atoms with Crippen molar-refractivity contribution in [1.29, 1.82) is 0 Å². The smallest absolute Gasteiger partial charge is 0.132 e. The molecule has 0 radical (unpaired) electrons. The summed E-state index contributed by atoms with van der Waals surface area (Å²) >= 11 is 0. The van der Waals surface area contributed by atoms with Gasteiger partial charge in [-0.15, -0.1) is 0 Å². The van der Waals surface area contributed by atoms with Crippen LogP contribution in [0.25, 0.3) is 0 Å². The highest BCUT2D eigenvalue weighted by atomic mass is 19.1. The van der Waals surface area contributed by atoms with Gasteiger partial charge in [0.05, 0.1) is 5.60 Å². The Balaban J connectivity index is 2.38. The van der Waals surface area contributed by atoms with Gasteiger partial charge in [-0.25, -0.2) is 8.78 Å². The van der Waals surface area contributed by atoms with Crippen molar-refractivity contribution in [2.45, 2.75) is 38.7 Å². The normalized spacial score (nSPS) is 28.3. The van der Waals surface area contributed by atoms with Gasteiger partial charge in [-0.1, -0.05) is 19.9 Å². The van der Waals surface area contributed by atoms with Crippen LogP contribution in [0.3, 0.4) is 0 Å². The lowest BCUT2D eigenvalue weighted by atomic mass is 9.85. The Hall–Kier alpha value is -0.960. The van der Waals surface area contributed by atoms with Gasteiger partial charge in [0.1, 0.15) is 11.6 Å². The molecular formula is C13H16F2O. The van der Waals surface area contributed by atoms with Gasteiger partial charge in [0.25, 0.3) is 0 Å². The molecule has 0 saturated heterocycles. The molecule has 0 aromatic heterocycles. The zero-order valence-corrected chi connectivity index (χ0v) is 9.56. The molecule has 0 spiro atoms. The molecule has 88 valence electrons. The summed E-state index contributed by atoms with van der Waals surface area (Å²) in [5.41, 5.74) is -0.906. The SMILES string of the molecule is CC1(C)CCC(O)(c2ccc(F)cc2F)C1. The van der Waals surface area contributed by atoms with Gasteiger partial charge in [-0.2, -0.15) is 0 Å². The molecule has 1 nitrogen and oxygen atoms in total. The van der Waals surface area contributed by atoms with Gasteiger partial charge in [0.15, 0.2) is 0 Å². The van der Waals surface area contributed by atoms with E-state index in [0.29, 0.717) is 12.8 Å². The molecule has 0 aliphatic heterocycles. The summed E-state index contributed by atoms with van der Waals surface area (Å²) in [6, 6.07) is 3.38. The molecule has 1 fully saturated rings. The maximum Gasteiger partial charge on any atom is 0.132 e. The van der Waals surface area contributed by atoms with Crippen molar-refractivity contribution in [3.8, 4) is 0 Å². The van der Waals surface area contributed by atoms with Crippen LogP contribution in [0, 0.1) is 17.0 Å². The molecule has 1 aliphatic carbocycles. The number of rotatable bonds is 1. The van der Waals surface area contributed by atoms with Crippen LogP contribution in [-0.4, -0.2) is 5.11 Å². The summed E-state index contributed by atoms with van der Waals surface area (Å²) in [5, 5.41) is 10.4. The molecular weight excluding hydrogens is 210 g/mol. The highest BCUT2D eigenvalue weighted by Crippen LogP contribution is 2.49. The van der Waals surface area contributed by atoms with Crippen molar-refractivity contribution in [3.63, 3.8) is 0 Å². The topological polar surface area (TPSA) is 20.2 Å². The van der Waals surface area contributed by atoms with Crippen molar-refractivity contribution in [2.75, 3.05) is 0 Å². The fraction of sp³-hybridized carbons (Fsp3) is 0.538. The summed E-state index contributed by atoms with van der Waals surface area (Å²) in [4.78, 5) is 0. The summed E-state index contributed by atoms with van der Waals surface area (Å²) in [6.07, 6.45) is 1.89. The van der Waals surface area contributed by atoms with Crippen molar-refractivity contribution >= 4 is 0 Å². The van der Waals surface area contributed by atoms with E-state index in [1.807, 2.05) is 13.8 Å². The molecule has 1 aliphatic rings. The predicted molar refractivity (Wildman–Crippen MR) is 57.9 cm³/mol. The van der Waals surface area contributed by atoms with Crippen LogP contribution in [0.2, 0.25) is 0 Å². The van der Waals surface area contributed by atoms with Crippen LogP contribution in [0.15, 0.2) is 18.2 Å². The molecule has 0 heterocycles. The number of benzene rings is 1. The number of halogens is 2. The van der Waals surface area contributed by atoms with Crippen LogP contribution in [0.5, 0.6) is 0 Å². The van der Waals surface area contributed by atoms with Crippen LogP contribution in [-0.2, 0) is 5.60 Å². The van der Waals surface area contributed by atoms with E-state index in [0.717, 1.165) is 12.5 Å². The molecule has 2 rings (SSSR count). The molecule has 1 aromatic rings. The maximum atomic E-state index is 13.6. The molecule has 1 aromatic carbocycles. The third-order valence-electron chi connectivity index (χ3n) is 3.42. The fourth-order valence-corrected chi connectivity index (χ4v) is 2.61. The number of aliphatic hydroxyl groups is 1. The summed E-state index contributed by atoms with van der Waals surface area (Å²) in [7, 11) is 0. The minimum Gasteiger partial charge on any atom is -0.385 e. The zero-order valence-electron chi connectivity index (χ0n) is 9.56. The third kappa shape index (κ3) is 1.96. The molecule has 1 N–H and O–H groups in total. The highest BCUT2D eigenvalue weighted by Gasteiger charge is 2.44. The Morgan fingerprint density at radius 3 is 2.38 bits per heavy atom. The fourth-order valence-electron chi connectivity index (χ4n) is 2.61. The van der Waals surface area contributed by atoms with Crippen molar-refractivity contribution in [3.05, 3.63) is 35.4 Å². The quantitative estimate of drug-likeness (QED) is 0.778. The van der Waals surface area contributed by atoms with Crippen LogP contribution >= 0.6 is 0 Å². The van der Waals surface area contributed by atoms with E-state index < -0.39 is 17.2 Å². The Labute approximate surface area is 94.1 Å². The zero-order chi connectivity index (χ0) is 12.0. The van der Waals surface area contributed by atoms with E-state index in [4.69, 9.17) is 0 Å².